The quantitative estimate of drug-likeness (QED) is 0.671. The van der Waals surface area contributed by atoms with Crippen LogP contribution in [0, 0.1) is 5.95 Å². The van der Waals surface area contributed by atoms with Crippen LogP contribution < -0.4 is 10.5 Å². The lowest BCUT2D eigenvalue weighted by atomic mass is 10.2. The first-order chi connectivity index (χ1) is 6.85. The summed E-state index contributed by atoms with van der Waals surface area (Å²) in [5, 5.41) is 0. The lowest BCUT2D eigenvalue weighted by molar-refractivity contribution is -0.275. The number of pyridine rings is 1. The van der Waals surface area contributed by atoms with Gasteiger partial charge in [0.2, 0.25) is 5.95 Å². The largest absolute Gasteiger partial charge is 0.573 e. The summed E-state index contributed by atoms with van der Waals surface area (Å²) in [7, 11) is 0. The van der Waals surface area contributed by atoms with Crippen LogP contribution in [0.25, 0.3) is 0 Å². The zero-order valence-corrected chi connectivity index (χ0v) is 8.69. The van der Waals surface area contributed by atoms with E-state index < -0.39 is 18.1 Å². The molecule has 1 aromatic heterocycles. The second kappa shape index (κ2) is 4.31. The van der Waals surface area contributed by atoms with Crippen molar-refractivity contribution in [3.05, 3.63) is 22.2 Å². The first kappa shape index (κ1) is 12.2. The fourth-order valence-corrected chi connectivity index (χ4v) is 1.35. The maximum atomic E-state index is 12.8. The molecule has 1 heterocycles. The van der Waals surface area contributed by atoms with E-state index in [0.29, 0.717) is 6.20 Å². The monoisotopic (exact) mass is 288 g/mol. The summed E-state index contributed by atoms with van der Waals surface area (Å²) < 4.78 is 51.9. The second-order valence-electron chi connectivity index (χ2n) is 2.46. The first-order valence-electron chi connectivity index (χ1n) is 3.64. The van der Waals surface area contributed by atoms with Crippen molar-refractivity contribution >= 4 is 15.9 Å². The van der Waals surface area contributed by atoms with Gasteiger partial charge in [-0.1, -0.05) is 0 Å². The van der Waals surface area contributed by atoms with Gasteiger partial charge in [-0.15, -0.1) is 13.2 Å². The van der Waals surface area contributed by atoms with Gasteiger partial charge in [-0.2, -0.15) is 4.39 Å². The molecular weight excluding hydrogens is 284 g/mol. The number of hydrogen-bond acceptors (Lipinski definition) is 3. The Morgan fingerprint density at radius 1 is 1.47 bits per heavy atom. The number of hydrogen-bond donors (Lipinski definition) is 1. The Morgan fingerprint density at radius 2 is 2.07 bits per heavy atom. The summed E-state index contributed by atoms with van der Waals surface area (Å²) in [6, 6.07) is 0. The summed E-state index contributed by atoms with van der Waals surface area (Å²) >= 11 is 2.73. The molecule has 84 valence electrons. The second-order valence-corrected chi connectivity index (χ2v) is 3.25. The molecule has 0 aliphatic carbocycles. The highest BCUT2D eigenvalue weighted by Gasteiger charge is 2.32. The van der Waals surface area contributed by atoms with Crippen molar-refractivity contribution in [2.45, 2.75) is 12.9 Å². The predicted molar refractivity (Wildman–Crippen MR) is 46.5 cm³/mol. The van der Waals surface area contributed by atoms with Crippen LogP contribution in [0.2, 0.25) is 0 Å². The van der Waals surface area contributed by atoms with Gasteiger partial charge in [-0.05, 0) is 15.9 Å². The van der Waals surface area contributed by atoms with Crippen LogP contribution >= 0.6 is 15.9 Å². The third-order valence-corrected chi connectivity index (χ3v) is 2.27. The first-order valence-corrected chi connectivity index (χ1v) is 4.43. The lowest BCUT2D eigenvalue weighted by Crippen LogP contribution is -2.19. The van der Waals surface area contributed by atoms with Crippen molar-refractivity contribution in [3.63, 3.8) is 0 Å². The molecule has 1 aromatic rings. The molecule has 0 aromatic carbocycles. The van der Waals surface area contributed by atoms with Gasteiger partial charge in [0.15, 0.2) is 5.75 Å². The SMILES string of the molecule is NCc1c(OC(F)(F)F)cnc(F)c1Br. The van der Waals surface area contributed by atoms with E-state index in [2.05, 4.69) is 25.7 Å². The Labute approximate surface area is 90.4 Å². The number of rotatable bonds is 2. The van der Waals surface area contributed by atoms with Crippen LogP contribution in [0.3, 0.4) is 0 Å². The van der Waals surface area contributed by atoms with Gasteiger partial charge in [0, 0.05) is 12.1 Å². The van der Waals surface area contributed by atoms with Gasteiger partial charge in [-0.25, -0.2) is 4.98 Å². The minimum absolute atomic E-state index is 0.125. The van der Waals surface area contributed by atoms with E-state index in [4.69, 9.17) is 5.73 Å². The fraction of sp³-hybridized carbons (Fsp3) is 0.286. The Bertz CT molecular complexity index is 369. The van der Waals surface area contributed by atoms with Crippen molar-refractivity contribution in [1.82, 2.24) is 4.98 Å². The van der Waals surface area contributed by atoms with Crippen molar-refractivity contribution in [2.75, 3.05) is 0 Å². The van der Waals surface area contributed by atoms with E-state index in [1.165, 1.54) is 0 Å². The summed E-state index contributed by atoms with van der Waals surface area (Å²) in [6.45, 7) is -0.300. The van der Waals surface area contributed by atoms with E-state index >= 15 is 0 Å². The summed E-state index contributed by atoms with van der Waals surface area (Å²) in [5.41, 5.74) is 5.04. The van der Waals surface area contributed by atoms with Gasteiger partial charge in [0.05, 0.1) is 10.7 Å². The highest BCUT2D eigenvalue weighted by molar-refractivity contribution is 9.10. The highest BCUT2D eigenvalue weighted by atomic mass is 79.9. The molecule has 15 heavy (non-hydrogen) atoms. The number of nitrogens with zero attached hydrogens (tertiary/aromatic N) is 1. The Kier molecular flexibility index (Phi) is 3.50. The minimum Gasteiger partial charge on any atom is -0.404 e. The van der Waals surface area contributed by atoms with Crippen LogP contribution in [0.15, 0.2) is 10.7 Å². The molecule has 0 bridgehead atoms. The fourth-order valence-electron chi connectivity index (χ4n) is 0.885. The molecule has 0 aliphatic rings. The third-order valence-electron chi connectivity index (χ3n) is 1.47. The van der Waals surface area contributed by atoms with E-state index in [0.717, 1.165) is 0 Å². The Hall–Kier alpha value is -0.890. The lowest BCUT2D eigenvalue weighted by Gasteiger charge is -2.12. The van der Waals surface area contributed by atoms with Crippen LogP contribution in [0.4, 0.5) is 17.6 Å². The minimum atomic E-state index is -4.86. The predicted octanol–water partition coefficient (Wildman–Crippen LogP) is 2.34. The molecular formula is C7H5BrF4N2O. The van der Waals surface area contributed by atoms with Crippen LogP contribution in [-0.4, -0.2) is 11.3 Å². The van der Waals surface area contributed by atoms with Crippen molar-refractivity contribution < 1.29 is 22.3 Å². The van der Waals surface area contributed by atoms with Gasteiger partial charge >= 0.3 is 6.36 Å². The molecule has 0 amide bonds. The number of alkyl halides is 3. The van der Waals surface area contributed by atoms with Crippen LogP contribution in [0.1, 0.15) is 5.56 Å². The van der Waals surface area contributed by atoms with Crippen molar-refractivity contribution in [1.29, 1.82) is 0 Å². The molecule has 0 saturated heterocycles. The van der Waals surface area contributed by atoms with E-state index in [9.17, 15) is 17.6 Å². The van der Waals surface area contributed by atoms with Crippen molar-refractivity contribution in [3.8, 4) is 5.75 Å². The molecule has 8 heteroatoms. The molecule has 0 unspecified atom stereocenters. The van der Waals surface area contributed by atoms with E-state index in [-0.39, 0.29) is 16.6 Å². The molecule has 0 radical (unpaired) electrons. The van der Waals surface area contributed by atoms with Gasteiger partial charge < -0.3 is 10.5 Å². The summed E-state index contributed by atoms with van der Waals surface area (Å²) in [5.74, 6) is -1.55. The smallest absolute Gasteiger partial charge is 0.404 e. The topological polar surface area (TPSA) is 48.1 Å². The van der Waals surface area contributed by atoms with Crippen LogP contribution in [-0.2, 0) is 6.54 Å². The average Bonchev–Trinajstić information content (AvgIpc) is 2.10. The normalized spacial score (nSPS) is 11.6. The molecule has 3 nitrogen and oxygen atoms in total. The average molecular weight is 289 g/mol. The molecule has 2 N–H and O–H groups in total. The zero-order valence-electron chi connectivity index (χ0n) is 7.11. The van der Waals surface area contributed by atoms with Crippen molar-refractivity contribution in [2.24, 2.45) is 5.73 Å². The molecule has 0 aliphatic heterocycles. The number of nitrogens with two attached hydrogens (primary N) is 1. The van der Waals surface area contributed by atoms with Gasteiger partial charge in [0.1, 0.15) is 0 Å². The maximum Gasteiger partial charge on any atom is 0.573 e. The number of ether oxygens (including phenoxy) is 1. The zero-order chi connectivity index (χ0) is 11.6. The van der Waals surface area contributed by atoms with Gasteiger partial charge in [0.25, 0.3) is 0 Å². The highest BCUT2D eigenvalue weighted by Crippen LogP contribution is 2.31. The third kappa shape index (κ3) is 3.03. The summed E-state index contributed by atoms with van der Waals surface area (Å²) in [4.78, 5) is 3.08. The molecule has 0 atom stereocenters. The van der Waals surface area contributed by atoms with E-state index in [1.807, 2.05) is 0 Å². The Balaban J connectivity index is 3.14. The van der Waals surface area contributed by atoms with Crippen LogP contribution in [0.5, 0.6) is 5.75 Å². The number of halogens is 5. The molecule has 0 saturated carbocycles. The number of aromatic nitrogens is 1. The van der Waals surface area contributed by atoms with E-state index in [1.54, 1.807) is 0 Å². The summed E-state index contributed by atoms with van der Waals surface area (Å²) in [6.07, 6.45) is -4.22. The maximum absolute atomic E-state index is 12.8. The standard InChI is InChI=1S/C7H5BrF4N2O/c8-5-3(1-13)4(2-14-6(5)9)15-7(10,11)12/h2H,1,13H2. The van der Waals surface area contributed by atoms with Gasteiger partial charge in [-0.3, -0.25) is 0 Å². The Morgan fingerprint density at radius 3 is 2.53 bits per heavy atom. The molecule has 1 rings (SSSR count). The molecule has 0 fully saturated rings. The molecule has 0 spiro atoms.